The number of hydrogen-bond donors (Lipinski definition) is 2. The maximum atomic E-state index is 13.1. The van der Waals surface area contributed by atoms with Gasteiger partial charge in [0.05, 0.1) is 13.0 Å². The number of nitrogens with one attached hydrogen (secondary N) is 2. The van der Waals surface area contributed by atoms with E-state index in [4.69, 9.17) is 15.9 Å². The van der Waals surface area contributed by atoms with Gasteiger partial charge in [-0.1, -0.05) is 24.1 Å². The van der Waals surface area contributed by atoms with E-state index in [0.717, 1.165) is 0 Å². The number of terminal acetylenes is 1. The summed E-state index contributed by atoms with van der Waals surface area (Å²) < 4.78 is 10.0. The van der Waals surface area contributed by atoms with Gasteiger partial charge in [0, 0.05) is 18.7 Å². The molecular weight excluding hydrogens is 426 g/mol. The summed E-state index contributed by atoms with van der Waals surface area (Å²) in [6.07, 6.45) is 4.86. The maximum Gasteiger partial charge on any atom is 0.408 e. The van der Waals surface area contributed by atoms with Crippen LogP contribution in [0.3, 0.4) is 0 Å². The number of carbonyl (C=O) groups excluding carboxylic acids is 4. The van der Waals surface area contributed by atoms with Gasteiger partial charge in [-0.05, 0) is 46.2 Å². The van der Waals surface area contributed by atoms with Gasteiger partial charge < -0.3 is 25.0 Å². The number of nitrogens with zero attached hydrogens (tertiary/aromatic N) is 1. The van der Waals surface area contributed by atoms with Crippen molar-refractivity contribution in [1.29, 1.82) is 0 Å². The van der Waals surface area contributed by atoms with E-state index in [1.807, 2.05) is 0 Å². The fourth-order valence-electron chi connectivity index (χ4n) is 3.00. The molecule has 0 aliphatic heterocycles. The van der Waals surface area contributed by atoms with Crippen molar-refractivity contribution in [1.82, 2.24) is 15.5 Å². The zero-order valence-corrected chi connectivity index (χ0v) is 19.9. The van der Waals surface area contributed by atoms with Gasteiger partial charge in [-0.2, -0.15) is 0 Å². The molecule has 2 N–H and O–H groups in total. The second-order valence-corrected chi connectivity index (χ2v) is 8.02. The number of alkyl carbamates (subject to hydrolysis) is 1. The van der Waals surface area contributed by atoms with Crippen LogP contribution in [0, 0.1) is 12.3 Å². The van der Waals surface area contributed by atoms with Crippen molar-refractivity contribution in [2.75, 3.05) is 26.2 Å². The van der Waals surface area contributed by atoms with Crippen molar-refractivity contribution in [2.24, 2.45) is 0 Å². The third-order valence-corrected chi connectivity index (χ3v) is 4.35. The molecule has 180 valence electrons. The predicted molar refractivity (Wildman–Crippen MR) is 123 cm³/mol. The lowest BCUT2D eigenvalue weighted by Gasteiger charge is -2.31. The van der Waals surface area contributed by atoms with Gasteiger partial charge in [0.15, 0.2) is 0 Å². The highest BCUT2D eigenvalue weighted by molar-refractivity contribution is 5.91. The molecule has 1 aromatic rings. The van der Waals surface area contributed by atoms with Crippen LogP contribution in [-0.4, -0.2) is 60.6 Å². The highest BCUT2D eigenvalue weighted by atomic mass is 16.6. The quantitative estimate of drug-likeness (QED) is 0.409. The number of benzene rings is 1. The summed E-state index contributed by atoms with van der Waals surface area (Å²) in [5, 5.41) is 5.09. The Kier molecular flexibility index (Phi) is 10.9. The summed E-state index contributed by atoms with van der Waals surface area (Å²) in [7, 11) is 0. The van der Waals surface area contributed by atoms with Gasteiger partial charge in [0.25, 0.3) is 0 Å². The highest BCUT2D eigenvalue weighted by Gasteiger charge is 2.32. The van der Waals surface area contributed by atoms with Crippen LogP contribution < -0.4 is 10.6 Å². The van der Waals surface area contributed by atoms with E-state index < -0.39 is 35.5 Å². The summed E-state index contributed by atoms with van der Waals surface area (Å²) >= 11 is 0. The van der Waals surface area contributed by atoms with E-state index in [1.165, 1.54) is 4.90 Å². The molecule has 0 bridgehead atoms. The molecule has 1 unspecified atom stereocenters. The van der Waals surface area contributed by atoms with E-state index in [-0.39, 0.29) is 32.7 Å². The Hall–Kier alpha value is -3.54. The summed E-state index contributed by atoms with van der Waals surface area (Å²) in [5.74, 6) is 1.09. The number of amides is 3. The Morgan fingerprint density at radius 2 is 1.79 bits per heavy atom. The average Bonchev–Trinajstić information content (AvgIpc) is 2.74. The molecular formula is C24H33N3O6. The topological polar surface area (TPSA) is 114 Å². The average molecular weight is 460 g/mol. The lowest BCUT2D eigenvalue weighted by atomic mass is 9.98. The SMILES string of the molecule is C#Cc1ccccc1C(C(=O)NCCC(=O)OCC)N(CC)C(=O)CNC(=O)OC(C)(C)C. The summed E-state index contributed by atoms with van der Waals surface area (Å²) in [5.41, 5.74) is 0.195. The molecule has 1 atom stereocenters. The van der Waals surface area contributed by atoms with Crippen molar-refractivity contribution in [2.45, 2.75) is 52.7 Å². The fraction of sp³-hybridized carbons (Fsp3) is 0.500. The van der Waals surface area contributed by atoms with Crippen LogP contribution in [0.1, 0.15) is 58.2 Å². The lowest BCUT2D eigenvalue weighted by Crippen LogP contribution is -2.48. The first kappa shape index (κ1) is 27.5. The largest absolute Gasteiger partial charge is 0.466 e. The molecule has 0 aliphatic rings. The monoisotopic (exact) mass is 459 g/mol. The number of hydrogen-bond acceptors (Lipinski definition) is 6. The van der Waals surface area contributed by atoms with E-state index >= 15 is 0 Å². The maximum absolute atomic E-state index is 13.1. The molecule has 9 heteroatoms. The minimum Gasteiger partial charge on any atom is -0.466 e. The van der Waals surface area contributed by atoms with Crippen molar-refractivity contribution >= 4 is 23.9 Å². The summed E-state index contributed by atoms with van der Waals surface area (Å²) in [6.45, 7) is 8.61. The molecule has 1 aromatic carbocycles. The predicted octanol–water partition coefficient (Wildman–Crippen LogP) is 2.15. The number of likely N-dealkylation sites (N-methyl/N-ethyl adjacent to an activating group) is 1. The molecule has 0 aliphatic carbocycles. The third-order valence-electron chi connectivity index (χ3n) is 4.35. The van der Waals surface area contributed by atoms with Crippen LogP contribution in [0.25, 0.3) is 0 Å². The molecule has 9 nitrogen and oxygen atoms in total. The Bertz CT molecular complexity index is 885. The first-order chi connectivity index (χ1) is 15.5. The number of carbonyl (C=O) groups is 4. The molecule has 0 radical (unpaired) electrons. The normalized spacial score (nSPS) is 11.5. The first-order valence-electron chi connectivity index (χ1n) is 10.8. The van der Waals surface area contributed by atoms with Crippen molar-refractivity contribution in [3.05, 3.63) is 35.4 Å². The number of rotatable bonds is 10. The Morgan fingerprint density at radius 1 is 1.12 bits per heavy atom. The van der Waals surface area contributed by atoms with Crippen LogP contribution in [0.15, 0.2) is 24.3 Å². The number of esters is 1. The van der Waals surface area contributed by atoms with Gasteiger partial charge in [-0.3, -0.25) is 14.4 Å². The zero-order valence-electron chi connectivity index (χ0n) is 19.9. The van der Waals surface area contributed by atoms with Crippen molar-refractivity contribution < 1.29 is 28.7 Å². The van der Waals surface area contributed by atoms with Crippen LogP contribution in [0.2, 0.25) is 0 Å². The summed E-state index contributed by atoms with van der Waals surface area (Å²) in [4.78, 5) is 51.0. The Labute approximate surface area is 195 Å². The summed E-state index contributed by atoms with van der Waals surface area (Å²) in [6, 6.07) is 5.73. The molecule has 0 aromatic heterocycles. The smallest absolute Gasteiger partial charge is 0.408 e. The van der Waals surface area contributed by atoms with Gasteiger partial charge in [-0.25, -0.2) is 4.79 Å². The minimum atomic E-state index is -1.06. The molecule has 0 heterocycles. The molecule has 0 spiro atoms. The molecule has 1 rings (SSSR count). The Balaban J connectivity index is 3.08. The highest BCUT2D eigenvalue weighted by Crippen LogP contribution is 2.24. The Morgan fingerprint density at radius 3 is 2.36 bits per heavy atom. The molecule has 3 amide bonds. The fourth-order valence-corrected chi connectivity index (χ4v) is 3.00. The zero-order chi connectivity index (χ0) is 25.0. The molecule has 0 fully saturated rings. The first-order valence-corrected chi connectivity index (χ1v) is 10.8. The molecule has 0 saturated carbocycles. The van der Waals surface area contributed by atoms with E-state index in [9.17, 15) is 19.2 Å². The van der Waals surface area contributed by atoms with Crippen molar-refractivity contribution in [3.63, 3.8) is 0 Å². The molecule has 0 saturated heterocycles. The third kappa shape index (κ3) is 9.23. The van der Waals surface area contributed by atoms with Gasteiger partial charge >= 0.3 is 12.1 Å². The van der Waals surface area contributed by atoms with Gasteiger partial charge in [0.2, 0.25) is 11.8 Å². The van der Waals surface area contributed by atoms with Crippen molar-refractivity contribution in [3.8, 4) is 12.3 Å². The number of ether oxygens (including phenoxy) is 2. The molecule has 33 heavy (non-hydrogen) atoms. The van der Waals surface area contributed by atoms with Gasteiger partial charge in [-0.15, -0.1) is 6.42 Å². The van der Waals surface area contributed by atoms with Gasteiger partial charge in [0.1, 0.15) is 18.2 Å². The van der Waals surface area contributed by atoms with Crippen LogP contribution >= 0.6 is 0 Å². The van der Waals surface area contributed by atoms with E-state index in [1.54, 1.807) is 58.9 Å². The standard InChI is InChI=1S/C24H33N3O6/c1-7-17-12-10-11-13-18(17)21(22(30)25-15-14-20(29)32-9-3)27(8-2)19(28)16-26-23(31)33-24(4,5)6/h1,10-13,21H,8-9,14-16H2,2-6H3,(H,25,30)(H,26,31). The van der Waals surface area contributed by atoms with Crippen LogP contribution in [0.5, 0.6) is 0 Å². The van der Waals surface area contributed by atoms with Crippen LogP contribution in [-0.2, 0) is 23.9 Å². The van der Waals surface area contributed by atoms with E-state index in [2.05, 4.69) is 16.6 Å². The minimum absolute atomic E-state index is 0.0106. The van der Waals surface area contributed by atoms with E-state index in [0.29, 0.717) is 11.1 Å². The van der Waals surface area contributed by atoms with Crippen LogP contribution in [0.4, 0.5) is 4.79 Å². The lowest BCUT2D eigenvalue weighted by molar-refractivity contribution is -0.143. The second kappa shape index (κ2) is 13.1. The second-order valence-electron chi connectivity index (χ2n) is 8.02.